The molecule has 27 heavy (non-hydrogen) atoms. The molecule has 144 valence electrons. The number of hydrogen-bond acceptors (Lipinski definition) is 3. The Labute approximate surface area is 162 Å². The normalized spacial score (nSPS) is 15.2. The molecule has 0 aromatic heterocycles. The minimum absolute atomic E-state index is 0.231. The molecule has 1 aliphatic heterocycles. The first-order valence-corrected chi connectivity index (χ1v) is 9.75. The van der Waals surface area contributed by atoms with Crippen LogP contribution in [0.4, 0.5) is 4.79 Å². The van der Waals surface area contributed by atoms with Gasteiger partial charge >= 0.3 is 6.09 Å². The minimum Gasteiger partial charge on any atom is -0.410 e. The van der Waals surface area contributed by atoms with Crippen molar-refractivity contribution in [1.29, 1.82) is 0 Å². The molecular formula is C23H30N2O2. The van der Waals surface area contributed by atoms with Crippen molar-refractivity contribution in [2.24, 2.45) is 5.92 Å². The van der Waals surface area contributed by atoms with E-state index >= 15 is 0 Å². The highest BCUT2D eigenvalue weighted by molar-refractivity contribution is 5.70. The Hall–Kier alpha value is -2.33. The van der Waals surface area contributed by atoms with Gasteiger partial charge in [-0.1, -0.05) is 42.0 Å². The second kappa shape index (κ2) is 9.05. The van der Waals surface area contributed by atoms with Crippen LogP contribution >= 0.6 is 0 Å². The van der Waals surface area contributed by atoms with Crippen molar-refractivity contribution < 1.29 is 9.53 Å². The quantitative estimate of drug-likeness (QED) is 0.780. The number of carbonyl (C=O) groups excluding carboxylic acids is 1. The summed E-state index contributed by atoms with van der Waals surface area (Å²) in [7, 11) is 4.18. The summed E-state index contributed by atoms with van der Waals surface area (Å²) in [4.78, 5) is 16.4. The molecule has 3 rings (SSSR count). The molecule has 1 fully saturated rings. The third kappa shape index (κ3) is 5.83. The van der Waals surface area contributed by atoms with Crippen molar-refractivity contribution in [1.82, 2.24) is 9.80 Å². The lowest BCUT2D eigenvalue weighted by atomic mass is 9.90. The Morgan fingerprint density at radius 2 is 1.59 bits per heavy atom. The van der Waals surface area contributed by atoms with E-state index in [4.69, 9.17) is 4.74 Å². The van der Waals surface area contributed by atoms with E-state index in [0.29, 0.717) is 11.7 Å². The Morgan fingerprint density at radius 1 is 1.00 bits per heavy atom. The molecule has 1 aliphatic rings. The topological polar surface area (TPSA) is 32.8 Å². The molecule has 0 aliphatic carbocycles. The molecule has 1 amide bonds. The number of ether oxygens (including phenoxy) is 1. The van der Waals surface area contributed by atoms with Crippen LogP contribution in [0.15, 0.2) is 48.5 Å². The van der Waals surface area contributed by atoms with Crippen LogP contribution in [0, 0.1) is 12.8 Å². The van der Waals surface area contributed by atoms with E-state index in [1.54, 1.807) is 0 Å². The fourth-order valence-corrected chi connectivity index (χ4v) is 3.57. The van der Waals surface area contributed by atoms with Crippen LogP contribution in [0.1, 0.15) is 29.5 Å². The van der Waals surface area contributed by atoms with E-state index in [-0.39, 0.29) is 6.09 Å². The second-order valence-corrected chi connectivity index (χ2v) is 7.87. The lowest BCUT2D eigenvalue weighted by Crippen LogP contribution is -2.40. The SMILES string of the molecule is Cc1ccc(OC(=O)N2CCC(Cc3ccc(CN(C)C)cc3)CC2)cc1. The van der Waals surface area contributed by atoms with Crippen LogP contribution in [-0.2, 0) is 13.0 Å². The molecule has 0 unspecified atom stereocenters. The Balaban J connectivity index is 1.45. The van der Waals surface area contributed by atoms with Crippen LogP contribution < -0.4 is 4.74 Å². The monoisotopic (exact) mass is 366 g/mol. The average Bonchev–Trinajstić information content (AvgIpc) is 2.65. The zero-order valence-corrected chi connectivity index (χ0v) is 16.6. The van der Waals surface area contributed by atoms with Gasteiger partial charge in [-0.05, 0) is 69.5 Å². The van der Waals surface area contributed by atoms with Gasteiger partial charge in [0, 0.05) is 19.6 Å². The van der Waals surface area contributed by atoms with Crippen LogP contribution in [-0.4, -0.2) is 43.1 Å². The first-order valence-electron chi connectivity index (χ1n) is 9.75. The van der Waals surface area contributed by atoms with Gasteiger partial charge in [-0.15, -0.1) is 0 Å². The summed E-state index contributed by atoms with van der Waals surface area (Å²) in [6.45, 7) is 4.54. The molecule has 1 saturated heterocycles. The summed E-state index contributed by atoms with van der Waals surface area (Å²) in [6, 6.07) is 16.6. The molecule has 0 radical (unpaired) electrons. The minimum atomic E-state index is -0.231. The van der Waals surface area contributed by atoms with Crippen molar-refractivity contribution in [3.05, 3.63) is 65.2 Å². The highest BCUT2D eigenvalue weighted by Gasteiger charge is 2.24. The van der Waals surface area contributed by atoms with Gasteiger partial charge in [-0.3, -0.25) is 0 Å². The smallest absolute Gasteiger partial charge is 0.410 e. The van der Waals surface area contributed by atoms with E-state index in [1.807, 2.05) is 36.1 Å². The average molecular weight is 367 g/mol. The van der Waals surface area contributed by atoms with Crippen LogP contribution in [0.5, 0.6) is 5.75 Å². The molecule has 4 heteroatoms. The van der Waals surface area contributed by atoms with E-state index in [1.165, 1.54) is 11.1 Å². The Bertz CT molecular complexity index is 730. The van der Waals surface area contributed by atoms with E-state index in [9.17, 15) is 4.79 Å². The lowest BCUT2D eigenvalue weighted by Gasteiger charge is -2.31. The van der Waals surface area contributed by atoms with Crippen LogP contribution in [0.2, 0.25) is 0 Å². The summed E-state index contributed by atoms with van der Waals surface area (Å²) in [5, 5.41) is 0. The largest absolute Gasteiger partial charge is 0.415 e. The summed E-state index contributed by atoms with van der Waals surface area (Å²) in [5.41, 5.74) is 3.89. The molecule has 0 atom stereocenters. The van der Waals surface area contributed by atoms with Crippen molar-refractivity contribution in [2.45, 2.75) is 32.7 Å². The third-order valence-electron chi connectivity index (χ3n) is 5.15. The van der Waals surface area contributed by atoms with Gasteiger partial charge < -0.3 is 14.5 Å². The van der Waals surface area contributed by atoms with Gasteiger partial charge in [0.2, 0.25) is 0 Å². The maximum atomic E-state index is 12.3. The number of nitrogens with zero attached hydrogens (tertiary/aromatic N) is 2. The van der Waals surface area contributed by atoms with E-state index in [2.05, 4.69) is 43.3 Å². The third-order valence-corrected chi connectivity index (χ3v) is 5.15. The predicted octanol–water partition coefficient (Wildman–Crippen LogP) is 4.51. The number of piperidine rings is 1. The fourth-order valence-electron chi connectivity index (χ4n) is 3.57. The number of hydrogen-bond donors (Lipinski definition) is 0. The standard InChI is InChI=1S/C23H30N2O2/c1-18-4-10-22(11-5-18)27-23(26)25-14-12-20(13-15-25)16-19-6-8-21(9-7-19)17-24(2)3/h4-11,20H,12-17H2,1-3H3. The highest BCUT2D eigenvalue weighted by Crippen LogP contribution is 2.23. The molecule has 0 spiro atoms. The van der Waals surface area contributed by atoms with Gasteiger partial charge in [0.25, 0.3) is 0 Å². The van der Waals surface area contributed by atoms with Crippen molar-refractivity contribution >= 4 is 6.09 Å². The number of benzene rings is 2. The zero-order chi connectivity index (χ0) is 19.2. The van der Waals surface area contributed by atoms with Gasteiger partial charge in [0.15, 0.2) is 0 Å². The fraction of sp³-hybridized carbons (Fsp3) is 0.435. The zero-order valence-electron chi connectivity index (χ0n) is 16.6. The summed E-state index contributed by atoms with van der Waals surface area (Å²) in [5.74, 6) is 1.25. The summed E-state index contributed by atoms with van der Waals surface area (Å²) in [6.07, 6.45) is 2.92. The van der Waals surface area contributed by atoms with Gasteiger partial charge in [-0.2, -0.15) is 0 Å². The molecule has 0 bridgehead atoms. The van der Waals surface area contributed by atoms with Crippen molar-refractivity contribution in [3.63, 3.8) is 0 Å². The molecule has 0 N–H and O–H groups in total. The second-order valence-electron chi connectivity index (χ2n) is 7.87. The van der Waals surface area contributed by atoms with Crippen molar-refractivity contribution in [2.75, 3.05) is 27.2 Å². The molecule has 0 saturated carbocycles. The molecule has 1 heterocycles. The maximum Gasteiger partial charge on any atom is 0.415 e. The highest BCUT2D eigenvalue weighted by atomic mass is 16.6. The number of rotatable bonds is 5. The number of carbonyl (C=O) groups is 1. The Morgan fingerprint density at radius 3 is 2.19 bits per heavy atom. The molecule has 2 aromatic rings. The van der Waals surface area contributed by atoms with Gasteiger partial charge in [0.1, 0.15) is 5.75 Å². The van der Waals surface area contributed by atoms with Gasteiger partial charge in [-0.25, -0.2) is 4.79 Å². The van der Waals surface area contributed by atoms with E-state index in [0.717, 1.165) is 44.5 Å². The summed E-state index contributed by atoms with van der Waals surface area (Å²) >= 11 is 0. The van der Waals surface area contributed by atoms with Crippen LogP contribution in [0.25, 0.3) is 0 Å². The van der Waals surface area contributed by atoms with Gasteiger partial charge in [0.05, 0.1) is 0 Å². The molecule has 2 aromatic carbocycles. The maximum absolute atomic E-state index is 12.3. The van der Waals surface area contributed by atoms with Crippen molar-refractivity contribution in [3.8, 4) is 5.75 Å². The van der Waals surface area contributed by atoms with E-state index < -0.39 is 0 Å². The summed E-state index contributed by atoms with van der Waals surface area (Å²) < 4.78 is 5.49. The van der Waals surface area contributed by atoms with Crippen LogP contribution in [0.3, 0.4) is 0 Å². The first-order chi connectivity index (χ1) is 13.0. The molecule has 4 nitrogen and oxygen atoms in total. The first kappa shape index (κ1) is 19.4. The Kier molecular flexibility index (Phi) is 6.51. The molecular weight excluding hydrogens is 336 g/mol. The number of amides is 1. The predicted molar refractivity (Wildman–Crippen MR) is 109 cm³/mol. The lowest BCUT2D eigenvalue weighted by molar-refractivity contribution is 0.131. The number of aryl methyl sites for hydroxylation is 1. The number of likely N-dealkylation sites (tertiary alicyclic amines) is 1.